The maximum Gasteiger partial charge on any atom is 0.193 e. The second kappa shape index (κ2) is 7.81. The van der Waals surface area contributed by atoms with Crippen molar-refractivity contribution in [3.63, 3.8) is 0 Å². The van der Waals surface area contributed by atoms with Crippen molar-refractivity contribution in [1.29, 1.82) is 0 Å². The Kier molecular flexibility index (Phi) is 5.05. The summed E-state index contributed by atoms with van der Waals surface area (Å²) in [4.78, 5) is 36.7. The number of fused-ring (bicyclic) bond motifs is 8. The first-order valence-electron chi connectivity index (χ1n) is 13.3. The molecule has 8 atom stereocenters. The second-order valence-corrected chi connectivity index (χ2v) is 13.1. The summed E-state index contributed by atoms with van der Waals surface area (Å²) in [5.74, 6) is -1.58. The van der Waals surface area contributed by atoms with Gasteiger partial charge in [-0.25, -0.2) is 9.37 Å². The van der Waals surface area contributed by atoms with Crippen molar-refractivity contribution in [1.82, 2.24) is 4.98 Å². The minimum Gasteiger partial charge on any atom is -0.390 e. The van der Waals surface area contributed by atoms with E-state index in [1.54, 1.807) is 23.6 Å². The van der Waals surface area contributed by atoms with E-state index in [4.69, 9.17) is 4.84 Å². The molecule has 200 valence electrons. The first kappa shape index (κ1) is 24.6. The van der Waals surface area contributed by atoms with Crippen molar-refractivity contribution < 1.29 is 29.0 Å². The molecule has 0 unspecified atom stereocenters. The van der Waals surface area contributed by atoms with Crippen molar-refractivity contribution in [2.75, 3.05) is 18.2 Å². The van der Waals surface area contributed by atoms with Gasteiger partial charge in [0, 0.05) is 22.7 Å². The third-order valence-corrected chi connectivity index (χ3v) is 11.6. The first-order chi connectivity index (χ1) is 18.1. The number of aromatic nitrogens is 1. The number of carbonyl (C=O) groups excluding carboxylic acids is 2. The topological polar surface area (TPSA) is 100.0 Å². The molecule has 1 saturated heterocycles. The molecule has 38 heavy (non-hydrogen) atoms. The Labute approximate surface area is 223 Å². The molecule has 0 amide bonds. The van der Waals surface area contributed by atoms with Gasteiger partial charge in [0.1, 0.15) is 6.61 Å². The largest absolute Gasteiger partial charge is 0.390 e. The summed E-state index contributed by atoms with van der Waals surface area (Å²) in [5.41, 5.74) is -1.12. The molecule has 2 aromatic rings. The van der Waals surface area contributed by atoms with Gasteiger partial charge in [-0.1, -0.05) is 18.6 Å². The summed E-state index contributed by atoms with van der Waals surface area (Å²) in [7, 11) is 0. The Bertz CT molecular complexity index is 1440. The van der Waals surface area contributed by atoms with E-state index in [1.165, 1.54) is 23.5 Å². The first-order valence-corrected chi connectivity index (χ1v) is 14.2. The lowest BCUT2D eigenvalue weighted by Gasteiger charge is -2.62. The average Bonchev–Trinajstić information content (AvgIpc) is 3.58. The van der Waals surface area contributed by atoms with E-state index < -0.39 is 46.5 Å². The van der Waals surface area contributed by atoms with E-state index in [1.807, 2.05) is 25.1 Å². The maximum atomic E-state index is 17.5. The molecule has 5 aliphatic rings. The third-order valence-electron chi connectivity index (χ3n) is 10.8. The van der Waals surface area contributed by atoms with Gasteiger partial charge in [0.05, 0.1) is 34.1 Å². The lowest BCUT2D eigenvalue weighted by molar-refractivity contribution is -0.223. The van der Waals surface area contributed by atoms with Crippen LogP contribution in [0.3, 0.4) is 0 Å². The zero-order valence-electron chi connectivity index (χ0n) is 21.4. The quantitative estimate of drug-likeness (QED) is 0.611. The number of thiazole rings is 1. The van der Waals surface area contributed by atoms with E-state index in [0.717, 1.165) is 21.5 Å². The molecule has 1 aromatic carbocycles. The fourth-order valence-corrected chi connectivity index (χ4v) is 9.74. The van der Waals surface area contributed by atoms with Crippen LogP contribution in [0, 0.1) is 28.6 Å². The predicted octanol–water partition coefficient (Wildman–Crippen LogP) is 3.95. The normalized spacial score (nSPS) is 43.4. The van der Waals surface area contributed by atoms with Gasteiger partial charge in [-0.15, -0.1) is 11.3 Å². The fraction of sp³-hybridized carbons (Fsp3) is 0.552. The van der Waals surface area contributed by atoms with Gasteiger partial charge in [-0.2, -0.15) is 0 Å². The van der Waals surface area contributed by atoms with Crippen LogP contribution in [0.15, 0.2) is 47.5 Å². The molecule has 4 fully saturated rings. The SMILES string of the molecule is C[C@]12C=CC(=O)C=C1CC[C@H]1[C@@H]3C[C@H]4CN(c5ccc6ncsc6c5)O[C@@]4(C(=O)CO)[C@@]3(C)C[C@H](O)[C@@]12F. The van der Waals surface area contributed by atoms with E-state index >= 15 is 4.39 Å². The number of anilines is 1. The van der Waals surface area contributed by atoms with Gasteiger partial charge < -0.3 is 10.2 Å². The van der Waals surface area contributed by atoms with Gasteiger partial charge in [-0.3, -0.25) is 19.5 Å². The van der Waals surface area contributed by atoms with E-state index in [9.17, 15) is 19.8 Å². The number of ketones is 2. The monoisotopic (exact) mass is 538 g/mol. The zero-order chi connectivity index (χ0) is 26.7. The Morgan fingerprint density at radius 1 is 1.32 bits per heavy atom. The molecule has 2 heterocycles. The summed E-state index contributed by atoms with van der Waals surface area (Å²) >= 11 is 1.52. The highest BCUT2D eigenvalue weighted by Gasteiger charge is 2.78. The van der Waals surface area contributed by atoms with Crippen molar-refractivity contribution in [2.24, 2.45) is 28.6 Å². The minimum absolute atomic E-state index is 0.0271. The van der Waals surface area contributed by atoms with Crippen LogP contribution < -0.4 is 5.06 Å². The number of aliphatic hydroxyl groups is 2. The Morgan fingerprint density at radius 2 is 2.13 bits per heavy atom. The number of rotatable bonds is 3. The molecular weight excluding hydrogens is 507 g/mol. The smallest absolute Gasteiger partial charge is 0.193 e. The molecule has 3 saturated carbocycles. The van der Waals surface area contributed by atoms with E-state index in [0.29, 0.717) is 25.8 Å². The van der Waals surface area contributed by atoms with Gasteiger partial charge >= 0.3 is 0 Å². The number of Topliss-reactive ketones (excluding diaryl/α,β-unsaturated/α-hetero) is 1. The number of benzene rings is 1. The maximum absolute atomic E-state index is 17.5. The number of carbonyl (C=O) groups is 2. The standard InChI is InChI=1S/C29H31FN2O5S/c1-26-8-7-19(34)9-16(26)3-5-20-21-10-17-13-32(18-4-6-22-23(11-18)38-15-31-22)37-29(17,25(36)14-33)27(21,2)12-24(35)28(20,26)30/h4,6-9,11,15,17,20-21,24,33,35H,3,5,10,12-14H2,1-2H3/t17-,20-,21-,24-,26-,27-,28-,29-/m0/s1. The number of nitrogens with zero attached hydrogens (tertiary/aromatic N) is 2. The third kappa shape index (κ3) is 2.75. The minimum atomic E-state index is -1.97. The second-order valence-electron chi connectivity index (χ2n) is 12.2. The Hall–Kier alpha value is -2.46. The van der Waals surface area contributed by atoms with Crippen molar-refractivity contribution in [2.45, 2.75) is 56.9 Å². The fourth-order valence-electron chi connectivity index (χ4n) is 9.03. The lowest BCUT2D eigenvalue weighted by Crippen LogP contribution is -2.69. The molecule has 0 spiro atoms. The molecule has 9 heteroatoms. The number of alkyl halides is 1. The molecule has 0 bridgehead atoms. The molecule has 0 radical (unpaired) electrons. The number of hydrogen-bond donors (Lipinski definition) is 2. The van der Waals surface area contributed by atoms with Crippen molar-refractivity contribution in [3.8, 4) is 0 Å². The van der Waals surface area contributed by atoms with Gasteiger partial charge in [-0.05, 0) is 68.9 Å². The number of aliphatic hydroxyl groups excluding tert-OH is 2. The molecule has 2 N–H and O–H groups in total. The molecule has 7 rings (SSSR count). The summed E-state index contributed by atoms with van der Waals surface area (Å²) in [6.07, 6.45) is 4.85. The van der Waals surface area contributed by atoms with Crippen LogP contribution in [-0.4, -0.2) is 57.3 Å². The summed E-state index contributed by atoms with van der Waals surface area (Å²) in [6, 6.07) is 5.82. The van der Waals surface area contributed by atoms with Crippen molar-refractivity contribution in [3.05, 3.63) is 47.5 Å². The molecule has 1 aliphatic heterocycles. The molecule has 1 aromatic heterocycles. The van der Waals surface area contributed by atoms with Crippen LogP contribution in [0.2, 0.25) is 0 Å². The number of hydroxylamine groups is 1. The van der Waals surface area contributed by atoms with E-state index in [-0.39, 0.29) is 24.0 Å². The highest BCUT2D eigenvalue weighted by atomic mass is 32.1. The number of hydrogen-bond acceptors (Lipinski definition) is 8. The average molecular weight is 539 g/mol. The van der Waals surface area contributed by atoms with Crippen LogP contribution >= 0.6 is 11.3 Å². The van der Waals surface area contributed by atoms with Gasteiger partial charge in [0.25, 0.3) is 0 Å². The Morgan fingerprint density at radius 3 is 2.92 bits per heavy atom. The molecular formula is C29H31FN2O5S. The molecule has 4 aliphatic carbocycles. The summed E-state index contributed by atoms with van der Waals surface area (Å²) in [6.45, 7) is 3.48. The highest BCUT2D eigenvalue weighted by molar-refractivity contribution is 7.16. The van der Waals surface area contributed by atoms with Crippen LogP contribution in [0.5, 0.6) is 0 Å². The van der Waals surface area contributed by atoms with Crippen molar-refractivity contribution >= 4 is 38.8 Å². The zero-order valence-corrected chi connectivity index (χ0v) is 22.2. The van der Waals surface area contributed by atoms with E-state index in [2.05, 4.69) is 4.98 Å². The number of allylic oxidation sites excluding steroid dienone is 4. The Balaban J connectivity index is 1.30. The van der Waals surface area contributed by atoms with Crippen LogP contribution in [0.4, 0.5) is 10.1 Å². The predicted molar refractivity (Wildman–Crippen MR) is 140 cm³/mol. The lowest BCUT2D eigenvalue weighted by atomic mass is 9.44. The number of halogens is 1. The van der Waals surface area contributed by atoms with Gasteiger partial charge in [0.2, 0.25) is 0 Å². The van der Waals surface area contributed by atoms with Crippen LogP contribution in [0.1, 0.15) is 39.5 Å². The summed E-state index contributed by atoms with van der Waals surface area (Å²) in [5, 5.41) is 23.5. The van der Waals surface area contributed by atoms with Gasteiger partial charge in [0.15, 0.2) is 22.8 Å². The summed E-state index contributed by atoms with van der Waals surface area (Å²) < 4.78 is 18.5. The molecule has 7 nitrogen and oxygen atoms in total. The highest BCUT2D eigenvalue weighted by Crippen LogP contribution is 2.72. The van der Waals surface area contributed by atoms with Crippen LogP contribution in [-0.2, 0) is 14.4 Å². The van der Waals surface area contributed by atoms with Crippen LogP contribution in [0.25, 0.3) is 10.2 Å².